The van der Waals surface area contributed by atoms with Gasteiger partial charge in [-0.25, -0.2) is 8.42 Å². The van der Waals surface area contributed by atoms with Crippen molar-refractivity contribution in [1.29, 1.82) is 0 Å². The molecule has 29 heavy (non-hydrogen) atoms. The molecule has 1 aliphatic heterocycles. The third-order valence-corrected chi connectivity index (χ3v) is 6.66. The molecule has 0 aliphatic carbocycles. The lowest BCUT2D eigenvalue weighted by Gasteiger charge is -2.20. The molecule has 1 aliphatic rings. The van der Waals surface area contributed by atoms with Gasteiger partial charge >= 0.3 is 0 Å². The summed E-state index contributed by atoms with van der Waals surface area (Å²) in [6, 6.07) is 16.3. The highest BCUT2D eigenvalue weighted by atomic mass is 32.2. The van der Waals surface area contributed by atoms with Crippen molar-refractivity contribution >= 4 is 32.2 Å². The first kappa shape index (κ1) is 19.7. The standard InChI is InChI=1S/C22H26N4O2S/c1-2-29(27,28)25-21-8-4-3-6-18(21)15-26-13-11-19(16-26)24-22-9-5-7-17-14-23-12-10-20(17)22/h3-10,12,14,19,24-25H,2,11,13,15-16H2,1H3/t19-/m1/s1. The minimum absolute atomic E-state index is 0.0671. The highest BCUT2D eigenvalue weighted by Crippen LogP contribution is 2.26. The molecule has 1 fully saturated rings. The quantitative estimate of drug-likeness (QED) is 0.621. The van der Waals surface area contributed by atoms with E-state index in [4.69, 9.17) is 0 Å². The van der Waals surface area contributed by atoms with E-state index in [0.717, 1.165) is 42.7 Å². The number of hydrogen-bond donors (Lipinski definition) is 2. The Bertz CT molecular complexity index is 1100. The third kappa shape index (κ3) is 4.68. The number of likely N-dealkylation sites (tertiary alicyclic amines) is 1. The summed E-state index contributed by atoms with van der Waals surface area (Å²) in [5.41, 5.74) is 2.81. The molecule has 3 aromatic rings. The van der Waals surface area contributed by atoms with Gasteiger partial charge in [0.2, 0.25) is 10.0 Å². The number of benzene rings is 2. The van der Waals surface area contributed by atoms with Gasteiger partial charge in [0.25, 0.3) is 0 Å². The lowest BCUT2D eigenvalue weighted by molar-refractivity contribution is 0.329. The van der Waals surface area contributed by atoms with Gasteiger partial charge in [-0.3, -0.25) is 14.6 Å². The van der Waals surface area contributed by atoms with Crippen LogP contribution in [0.15, 0.2) is 60.9 Å². The topological polar surface area (TPSA) is 74.3 Å². The maximum atomic E-state index is 12.0. The number of anilines is 2. The van der Waals surface area contributed by atoms with Gasteiger partial charge in [-0.1, -0.05) is 30.3 Å². The van der Waals surface area contributed by atoms with Crippen molar-refractivity contribution in [2.45, 2.75) is 25.9 Å². The van der Waals surface area contributed by atoms with E-state index < -0.39 is 10.0 Å². The Morgan fingerprint density at radius 1 is 1.10 bits per heavy atom. The van der Waals surface area contributed by atoms with Crippen molar-refractivity contribution < 1.29 is 8.42 Å². The molecule has 0 unspecified atom stereocenters. The zero-order chi connectivity index (χ0) is 20.3. The van der Waals surface area contributed by atoms with Crippen LogP contribution in [0.2, 0.25) is 0 Å². The highest BCUT2D eigenvalue weighted by molar-refractivity contribution is 7.92. The van der Waals surface area contributed by atoms with Crippen LogP contribution in [-0.4, -0.2) is 43.2 Å². The number of nitrogens with zero attached hydrogens (tertiary/aromatic N) is 2. The summed E-state index contributed by atoms with van der Waals surface area (Å²) in [4.78, 5) is 6.56. The average molecular weight is 411 g/mol. The fraction of sp³-hybridized carbons (Fsp3) is 0.318. The summed E-state index contributed by atoms with van der Waals surface area (Å²) in [5.74, 6) is 0.0671. The number of sulfonamides is 1. The zero-order valence-corrected chi connectivity index (χ0v) is 17.3. The fourth-order valence-corrected chi connectivity index (χ4v) is 4.48. The van der Waals surface area contributed by atoms with Crippen LogP contribution in [0.25, 0.3) is 10.8 Å². The lowest BCUT2D eigenvalue weighted by atomic mass is 10.1. The van der Waals surface area contributed by atoms with Gasteiger partial charge in [0.15, 0.2) is 0 Å². The van der Waals surface area contributed by atoms with Crippen molar-refractivity contribution in [2.75, 3.05) is 28.9 Å². The predicted octanol–water partition coefficient (Wildman–Crippen LogP) is 3.68. The molecule has 1 aromatic heterocycles. The first-order chi connectivity index (χ1) is 14.0. The number of aromatic nitrogens is 1. The molecule has 0 saturated carbocycles. The minimum Gasteiger partial charge on any atom is -0.380 e. The number of para-hydroxylation sites is 1. The molecular formula is C22H26N4O2S. The molecule has 7 heteroatoms. The van der Waals surface area contributed by atoms with Crippen molar-refractivity contribution in [3.8, 4) is 0 Å². The van der Waals surface area contributed by atoms with Crippen LogP contribution in [0.5, 0.6) is 0 Å². The summed E-state index contributed by atoms with van der Waals surface area (Å²) in [6.45, 7) is 4.25. The van der Waals surface area contributed by atoms with Gasteiger partial charge in [-0.05, 0) is 37.1 Å². The van der Waals surface area contributed by atoms with E-state index in [1.807, 2.05) is 42.7 Å². The van der Waals surface area contributed by atoms with Crippen LogP contribution in [0.4, 0.5) is 11.4 Å². The Labute approximate surface area is 172 Å². The Kier molecular flexibility index (Phi) is 5.69. The van der Waals surface area contributed by atoms with Gasteiger partial charge in [-0.2, -0.15) is 0 Å². The van der Waals surface area contributed by atoms with E-state index in [1.165, 1.54) is 5.39 Å². The second-order valence-corrected chi connectivity index (χ2v) is 9.44. The summed E-state index contributed by atoms with van der Waals surface area (Å²) in [6.07, 6.45) is 4.75. The molecule has 1 atom stereocenters. The normalized spacial score (nSPS) is 17.5. The monoisotopic (exact) mass is 410 g/mol. The van der Waals surface area contributed by atoms with E-state index >= 15 is 0 Å². The van der Waals surface area contributed by atoms with Crippen molar-refractivity contribution in [3.05, 3.63) is 66.5 Å². The van der Waals surface area contributed by atoms with E-state index in [9.17, 15) is 8.42 Å². The van der Waals surface area contributed by atoms with Gasteiger partial charge in [0, 0.05) is 54.5 Å². The number of rotatable bonds is 7. The predicted molar refractivity (Wildman–Crippen MR) is 119 cm³/mol. The third-order valence-electron chi connectivity index (χ3n) is 5.37. The van der Waals surface area contributed by atoms with Crippen LogP contribution < -0.4 is 10.0 Å². The van der Waals surface area contributed by atoms with Crippen LogP contribution >= 0.6 is 0 Å². The largest absolute Gasteiger partial charge is 0.380 e. The summed E-state index contributed by atoms with van der Waals surface area (Å²) >= 11 is 0. The average Bonchev–Trinajstić information content (AvgIpc) is 3.16. The van der Waals surface area contributed by atoms with Gasteiger partial charge in [0.1, 0.15) is 0 Å². The first-order valence-electron chi connectivity index (χ1n) is 9.94. The summed E-state index contributed by atoms with van der Waals surface area (Å²) in [7, 11) is -3.29. The SMILES string of the molecule is CCS(=O)(=O)Nc1ccccc1CN1CC[C@@H](Nc2cccc3cnccc23)C1. The number of nitrogens with one attached hydrogen (secondary N) is 2. The van der Waals surface area contributed by atoms with Gasteiger partial charge in [0.05, 0.1) is 11.4 Å². The maximum absolute atomic E-state index is 12.0. The highest BCUT2D eigenvalue weighted by Gasteiger charge is 2.23. The second-order valence-electron chi connectivity index (χ2n) is 7.43. The summed E-state index contributed by atoms with van der Waals surface area (Å²) < 4.78 is 26.7. The number of hydrogen-bond acceptors (Lipinski definition) is 5. The molecule has 0 bridgehead atoms. The number of pyridine rings is 1. The summed E-state index contributed by atoms with van der Waals surface area (Å²) in [5, 5.41) is 5.99. The molecule has 0 radical (unpaired) electrons. The Morgan fingerprint density at radius 3 is 2.79 bits per heavy atom. The molecular weight excluding hydrogens is 384 g/mol. The molecule has 0 amide bonds. The smallest absolute Gasteiger partial charge is 0.232 e. The Morgan fingerprint density at radius 2 is 1.93 bits per heavy atom. The molecule has 2 aromatic carbocycles. The van der Waals surface area contributed by atoms with Crippen LogP contribution in [-0.2, 0) is 16.6 Å². The first-order valence-corrected chi connectivity index (χ1v) is 11.6. The lowest BCUT2D eigenvalue weighted by Crippen LogP contribution is -2.26. The molecule has 2 heterocycles. The van der Waals surface area contributed by atoms with Crippen molar-refractivity contribution in [1.82, 2.24) is 9.88 Å². The van der Waals surface area contributed by atoms with Crippen molar-refractivity contribution in [2.24, 2.45) is 0 Å². The van der Waals surface area contributed by atoms with E-state index in [-0.39, 0.29) is 5.75 Å². The Balaban J connectivity index is 1.43. The van der Waals surface area contributed by atoms with E-state index in [2.05, 4.69) is 38.1 Å². The zero-order valence-electron chi connectivity index (χ0n) is 16.5. The molecule has 1 saturated heterocycles. The van der Waals surface area contributed by atoms with Crippen molar-refractivity contribution in [3.63, 3.8) is 0 Å². The van der Waals surface area contributed by atoms with Gasteiger partial charge < -0.3 is 5.32 Å². The van der Waals surface area contributed by atoms with Crippen LogP contribution in [0.1, 0.15) is 18.9 Å². The van der Waals surface area contributed by atoms with E-state index in [0.29, 0.717) is 11.7 Å². The molecule has 6 nitrogen and oxygen atoms in total. The molecule has 2 N–H and O–H groups in total. The van der Waals surface area contributed by atoms with Crippen LogP contribution in [0.3, 0.4) is 0 Å². The maximum Gasteiger partial charge on any atom is 0.232 e. The van der Waals surface area contributed by atoms with Crippen LogP contribution in [0, 0.1) is 0 Å². The van der Waals surface area contributed by atoms with E-state index in [1.54, 1.807) is 6.92 Å². The van der Waals surface area contributed by atoms with Gasteiger partial charge in [-0.15, -0.1) is 0 Å². The molecule has 0 spiro atoms. The number of fused-ring (bicyclic) bond motifs is 1. The Hall–Kier alpha value is -2.64. The molecule has 4 rings (SSSR count). The molecule has 152 valence electrons. The second kappa shape index (κ2) is 8.39. The minimum atomic E-state index is -3.29. The fourth-order valence-electron chi connectivity index (χ4n) is 3.80.